The Balaban J connectivity index is 1.35. The molecule has 0 spiro atoms. The van der Waals surface area contributed by atoms with Crippen molar-refractivity contribution in [2.24, 2.45) is 0 Å². The molecule has 5 heteroatoms. The summed E-state index contributed by atoms with van der Waals surface area (Å²) in [4.78, 5) is 21.1. The summed E-state index contributed by atoms with van der Waals surface area (Å²) in [5, 5.41) is 5.19. The number of fused-ring (bicyclic) bond motifs is 1. The van der Waals surface area contributed by atoms with Crippen LogP contribution in [0.1, 0.15) is 64.7 Å². The second-order valence-electron chi connectivity index (χ2n) is 7.81. The molecule has 4 rings (SSSR count). The van der Waals surface area contributed by atoms with Crippen LogP contribution in [-0.4, -0.2) is 28.9 Å². The molecular weight excluding hydrogens is 366 g/mol. The van der Waals surface area contributed by atoms with E-state index in [2.05, 4.69) is 40.3 Å². The number of thiophene rings is 1. The first-order valence-electron chi connectivity index (χ1n) is 10.4. The van der Waals surface area contributed by atoms with Gasteiger partial charge < -0.3 is 5.32 Å². The number of nitrogens with zero attached hydrogens (tertiary/aromatic N) is 2. The van der Waals surface area contributed by atoms with Crippen LogP contribution in [0.5, 0.6) is 0 Å². The summed E-state index contributed by atoms with van der Waals surface area (Å²) in [6.45, 7) is 5.62. The second-order valence-corrected chi connectivity index (χ2v) is 8.78. The van der Waals surface area contributed by atoms with E-state index in [0.717, 1.165) is 56.6 Å². The molecule has 148 valence electrons. The molecule has 0 atom stereocenters. The van der Waals surface area contributed by atoms with E-state index in [9.17, 15) is 4.79 Å². The molecule has 3 heterocycles. The van der Waals surface area contributed by atoms with Crippen LogP contribution in [0.15, 0.2) is 35.4 Å². The fourth-order valence-electron chi connectivity index (χ4n) is 4.05. The first-order valence-corrected chi connectivity index (χ1v) is 11.3. The molecule has 0 saturated heterocycles. The van der Waals surface area contributed by atoms with Crippen LogP contribution in [0.25, 0.3) is 0 Å². The van der Waals surface area contributed by atoms with Crippen LogP contribution in [-0.2, 0) is 25.9 Å². The molecule has 0 bridgehead atoms. The Labute approximate surface area is 171 Å². The van der Waals surface area contributed by atoms with Gasteiger partial charge in [0, 0.05) is 42.6 Å². The third kappa shape index (κ3) is 4.53. The maximum absolute atomic E-state index is 12.7. The van der Waals surface area contributed by atoms with Crippen molar-refractivity contribution >= 4 is 17.2 Å². The summed E-state index contributed by atoms with van der Waals surface area (Å²) in [5.41, 5.74) is 5.93. The number of allylic oxidation sites excluding steroid dienone is 1. The van der Waals surface area contributed by atoms with Gasteiger partial charge >= 0.3 is 0 Å². The van der Waals surface area contributed by atoms with Gasteiger partial charge in [-0.25, -0.2) is 0 Å². The van der Waals surface area contributed by atoms with Gasteiger partial charge in [-0.2, -0.15) is 0 Å². The van der Waals surface area contributed by atoms with Crippen molar-refractivity contribution < 1.29 is 4.79 Å². The van der Waals surface area contributed by atoms with Gasteiger partial charge in [-0.3, -0.25) is 14.7 Å². The van der Waals surface area contributed by atoms with E-state index in [1.54, 1.807) is 11.3 Å². The van der Waals surface area contributed by atoms with Gasteiger partial charge in [-0.05, 0) is 55.7 Å². The average Bonchev–Trinajstić information content (AvgIpc) is 3.17. The van der Waals surface area contributed by atoms with Crippen LogP contribution in [0.4, 0.5) is 0 Å². The molecule has 2 aromatic heterocycles. The SMILES string of the molecule is CCc1ccc(CN2CCc3c(C(=O)NCC4=CCCCC4)csc3C2)nc1. The lowest BCUT2D eigenvalue weighted by atomic mass is 9.99. The Morgan fingerprint density at radius 1 is 1.29 bits per heavy atom. The minimum absolute atomic E-state index is 0.0919. The van der Waals surface area contributed by atoms with E-state index >= 15 is 0 Å². The number of hydrogen-bond acceptors (Lipinski definition) is 4. The van der Waals surface area contributed by atoms with Crippen molar-refractivity contribution in [1.82, 2.24) is 15.2 Å². The average molecular weight is 396 g/mol. The highest BCUT2D eigenvalue weighted by atomic mass is 32.1. The fourth-order valence-corrected chi connectivity index (χ4v) is 5.17. The maximum atomic E-state index is 12.7. The zero-order valence-electron chi connectivity index (χ0n) is 16.7. The topological polar surface area (TPSA) is 45.2 Å². The number of amides is 1. The van der Waals surface area contributed by atoms with Gasteiger partial charge in [-0.15, -0.1) is 11.3 Å². The van der Waals surface area contributed by atoms with Gasteiger partial charge in [0.2, 0.25) is 0 Å². The van der Waals surface area contributed by atoms with E-state index in [1.807, 2.05) is 11.6 Å². The van der Waals surface area contributed by atoms with E-state index in [0.29, 0.717) is 6.54 Å². The number of aryl methyl sites for hydroxylation is 1. The van der Waals surface area contributed by atoms with Crippen molar-refractivity contribution in [1.29, 1.82) is 0 Å². The monoisotopic (exact) mass is 395 g/mol. The van der Waals surface area contributed by atoms with Crippen molar-refractivity contribution in [2.75, 3.05) is 13.1 Å². The highest BCUT2D eigenvalue weighted by molar-refractivity contribution is 7.10. The zero-order chi connectivity index (χ0) is 19.3. The summed E-state index contributed by atoms with van der Waals surface area (Å²) in [5.74, 6) is 0.0919. The lowest BCUT2D eigenvalue weighted by molar-refractivity contribution is 0.0955. The van der Waals surface area contributed by atoms with Crippen LogP contribution < -0.4 is 5.32 Å². The zero-order valence-corrected chi connectivity index (χ0v) is 17.5. The number of carbonyl (C=O) groups excluding carboxylic acids is 1. The van der Waals surface area contributed by atoms with E-state index in [4.69, 9.17) is 0 Å². The van der Waals surface area contributed by atoms with Crippen LogP contribution in [0.3, 0.4) is 0 Å². The molecular formula is C23H29N3OS. The highest BCUT2D eigenvalue weighted by Gasteiger charge is 2.24. The third-order valence-electron chi connectivity index (χ3n) is 5.81. The Hall–Kier alpha value is -1.98. The molecule has 0 aromatic carbocycles. The van der Waals surface area contributed by atoms with Gasteiger partial charge in [0.15, 0.2) is 0 Å². The molecule has 2 aliphatic rings. The Bertz CT molecular complexity index is 853. The van der Waals surface area contributed by atoms with Crippen molar-refractivity contribution in [3.8, 4) is 0 Å². The summed E-state index contributed by atoms with van der Waals surface area (Å²) < 4.78 is 0. The molecule has 1 aliphatic heterocycles. The molecule has 1 N–H and O–H groups in total. The van der Waals surface area contributed by atoms with E-state index < -0.39 is 0 Å². The van der Waals surface area contributed by atoms with Crippen LogP contribution >= 0.6 is 11.3 Å². The van der Waals surface area contributed by atoms with Gasteiger partial charge in [0.25, 0.3) is 5.91 Å². The highest BCUT2D eigenvalue weighted by Crippen LogP contribution is 2.29. The van der Waals surface area contributed by atoms with Crippen molar-refractivity contribution in [3.05, 3.63) is 62.6 Å². The van der Waals surface area contributed by atoms with E-state index in [1.165, 1.54) is 34.4 Å². The van der Waals surface area contributed by atoms with Crippen molar-refractivity contribution in [3.63, 3.8) is 0 Å². The minimum atomic E-state index is 0.0919. The summed E-state index contributed by atoms with van der Waals surface area (Å²) >= 11 is 1.72. The molecule has 0 saturated carbocycles. The molecule has 28 heavy (non-hydrogen) atoms. The number of rotatable bonds is 6. The maximum Gasteiger partial charge on any atom is 0.252 e. The number of aromatic nitrogens is 1. The van der Waals surface area contributed by atoms with Crippen LogP contribution in [0, 0.1) is 0 Å². The predicted octanol–water partition coefficient (Wildman–Crippen LogP) is 4.49. The fraction of sp³-hybridized carbons (Fsp3) is 0.478. The van der Waals surface area contributed by atoms with E-state index in [-0.39, 0.29) is 5.91 Å². The Kier molecular flexibility index (Phi) is 6.23. The third-order valence-corrected chi connectivity index (χ3v) is 6.83. The minimum Gasteiger partial charge on any atom is -0.348 e. The lowest BCUT2D eigenvalue weighted by Gasteiger charge is -2.27. The Morgan fingerprint density at radius 2 is 2.21 bits per heavy atom. The first kappa shape index (κ1) is 19.3. The molecule has 2 aromatic rings. The smallest absolute Gasteiger partial charge is 0.252 e. The lowest BCUT2D eigenvalue weighted by Crippen LogP contribution is -2.31. The van der Waals surface area contributed by atoms with Crippen LogP contribution in [0.2, 0.25) is 0 Å². The van der Waals surface area contributed by atoms with Gasteiger partial charge in [-0.1, -0.05) is 24.6 Å². The molecule has 0 fully saturated rings. The summed E-state index contributed by atoms with van der Waals surface area (Å²) in [6, 6.07) is 4.31. The Morgan fingerprint density at radius 3 is 2.96 bits per heavy atom. The number of pyridine rings is 1. The summed E-state index contributed by atoms with van der Waals surface area (Å²) in [6.07, 6.45) is 11.1. The molecule has 4 nitrogen and oxygen atoms in total. The van der Waals surface area contributed by atoms with Crippen molar-refractivity contribution in [2.45, 2.75) is 58.5 Å². The standard InChI is InChI=1S/C23H29N3OS/c1-2-17-8-9-19(24-12-17)14-26-11-10-20-21(16-28-22(20)15-26)23(27)25-13-18-6-4-3-5-7-18/h6,8-9,12,16H,2-5,7,10-11,13-15H2,1H3,(H,25,27). The number of hydrogen-bond donors (Lipinski definition) is 1. The quantitative estimate of drug-likeness (QED) is 0.733. The van der Waals surface area contributed by atoms with Gasteiger partial charge in [0.05, 0.1) is 11.3 Å². The predicted molar refractivity (Wildman–Crippen MR) is 115 cm³/mol. The number of nitrogens with one attached hydrogen (secondary N) is 1. The second kappa shape index (κ2) is 9.01. The largest absolute Gasteiger partial charge is 0.348 e. The normalized spacial score (nSPS) is 17.1. The van der Waals surface area contributed by atoms with Gasteiger partial charge in [0.1, 0.15) is 0 Å². The summed E-state index contributed by atoms with van der Waals surface area (Å²) in [7, 11) is 0. The molecule has 0 radical (unpaired) electrons. The molecule has 0 unspecified atom stereocenters. The first-order chi connectivity index (χ1) is 13.7. The molecule has 1 amide bonds. The molecule has 1 aliphatic carbocycles. The number of carbonyl (C=O) groups is 1.